The first-order chi connectivity index (χ1) is 7.61. The van der Waals surface area contributed by atoms with Crippen molar-refractivity contribution in [3.05, 3.63) is 22.7 Å². The molecule has 0 spiro atoms. The molecule has 1 aliphatic rings. The van der Waals surface area contributed by atoms with Crippen LogP contribution in [0.1, 0.15) is 6.42 Å². The lowest BCUT2D eigenvalue weighted by atomic mass is 10.1. The van der Waals surface area contributed by atoms with Gasteiger partial charge in [-0.05, 0) is 18.2 Å². The van der Waals surface area contributed by atoms with Gasteiger partial charge in [-0.3, -0.25) is 4.79 Å². The lowest BCUT2D eigenvalue weighted by molar-refractivity contribution is -0.117. The van der Waals surface area contributed by atoms with Crippen molar-refractivity contribution in [1.82, 2.24) is 0 Å². The van der Waals surface area contributed by atoms with Gasteiger partial charge in [0.25, 0.3) is 0 Å². The second kappa shape index (κ2) is 4.18. The van der Waals surface area contributed by atoms with E-state index in [0.29, 0.717) is 18.7 Å². The Kier molecular flexibility index (Phi) is 2.88. The summed E-state index contributed by atoms with van der Waals surface area (Å²) in [5, 5.41) is 9.71. The highest BCUT2D eigenvalue weighted by atomic mass is 79.9. The first-order valence-corrected chi connectivity index (χ1v) is 5.66. The molecule has 1 aromatic rings. The molecule has 1 amide bonds. The molecule has 2 rings (SSSR count). The Morgan fingerprint density at radius 2 is 2.31 bits per heavy atom. The Morgan fingerprint density at radius 3 is 2.94 bits per heavy atom. The number of halogens is 1. The van der Waals surface area contributed by atoms with Crippen LogP contribution in [0.15, 0.2) is 22.7 Å². The van der Waals surface area contributed by atoms with Crippen LogP contribution in [0.25, 0.3) is 0 Å². The number of carbonyl (C=O) groups is 1. The predicted octanol–water partition coefficient (Wildman–Crippen LogP) is 2.14. The fourth-order valence-electron chi connectivity index (χ4n) is 1.76. The topological polar surface area (TPSA) is 40.5 Å². The van der Waals surface area contributed by atoms with Crippen molar-refractivity contribution in [2.24, 2.45) is 5.92 Å². The summed E-state index contributed by atoms with van der Waals surface area (Å²) in [6.45, 7) is 0.472. The Morgan fingerprint density at radius 1 is 1.56 bits per heavy atom. The maximum atomic E-state index is 11.7. The van der Waals surface area contributed by atoms with Gasteiger partial charge in [-0.15, -0.1) is 12.3 Å². The van der Waals surface area contributed by atoms with Crippen molar-refractivity contribution in [1.29, 1.82) is 0 Å². The highest BCUT2D eigenvalue weighted by molar-refractivity contribution is 9.10. The normalized spacial score (nSPS) is 19.9. The summed E-state index contributed by atoms with van der Waals surface area (Å²) in [4.78, 5) is 13.2. The average molecular weight is 280 g/mol. The molecule has 0 aromatic heterocycles. The Hall–Kier alpha value is -1.47. The number of nitrogens with zero attached hydrogens (tertiary/aromatic N) is 1. The quantitative estimate of drug-likeness (QED) is 0.801. The summed E-state index contributed by atoms with van der Waals surface area (Å²) < 4.78 is 0.817. The third-order valence-corrected chi connectivity index (χ3v) is 3.08. The molecule has 0 aliphatic carbocycles. The molecule has 0 saturated carbocycles. The van der Waals surface area contributed by atoms with E-state index in [1.807, 2.05) is 0 Å². The van der Waals surface area contributed by atoms with Crippen LogP contribution in [-0.4, -0.2) is 17.6 Å². The minimum absolute atomic E-state index is 0.0450. The monoisotopic (exact) mass is 279 g/mol. The van der Waals surface area contributed by atoms with Gasteiger partial charge < -0.3 is 10.0 Å². The lowest BCUT2D eigenvalue weighted by Gasteiger charge is -2.17. The largest absolute Gasteiger partial charge is 0.506 e. The fraction of sp³-hybridized carbons (Fsp3) is 0.250. The standard InChI is InChI=1S/C12H10BrNO2/c1-2-8-5-12(16)14(7-8)10-6-9(13)3-4-11(10)15/h1,3-4,6,8,15H,5,7H2. The molecule has 1 fully saturated rings. The lowest BCUT2D eigenvalue weighted by Crippen LogP contribution is -2.24. The molecular weight excluding hydrogens is 270 g/mol. The van der Waals surface area contributed by atoms with Crippen LogP contribution >= 0.6 is 15.9 Å². The smallest absolute Gasteiger partial charge is 0.228 e. The molecule has 16 heavy (non-hydrogen) atoms. The minimum Gasteiger partial charge on any atom is -0.506 e. The molecule has 1 aromatic carbocycles. The van der Waals surface area contributed by atoms with Crippen LogP contribution in [0.3, 0.4) is 0 Å². The first kappa shape index (κ1) is 11.0. The zero-order valence-electron chi connectivity index (χ0n) is 8.48. The number of terminal acetylenes is 1. The molecule has 1 aliphatic heterocycles. The summed E-state index contributed by atoms with van der Waals surface area (Å²) >= 11 is 3.31. The number of aromatic hydroxyl groups is 1. The summed E-state index contributed by atoms with van der Waals surface area (Å²) in [7, 11) is 0. The number of benzene rings is 1. The van der Waals surface area contributed by atoms with Crippen molar-refractivity contribution in [2.75, 3.05) is 11.4 Å². The van der Waals surface area contributed by atoms with Gasteiger partial charge in [0.1, 0.15) is 5.75 Å². The van der Waals surface area contributed by atoms with Crippen LogP contribution in [0, 0.1) is 18.3 Å². The first-order valence-electron chi connectivity index (χ1n) is 4.87. The van der Waals surface area contributed by atoms with Crippen LogP contribution in [0.4, 0.5) is 5.69 Å². The van der Waals surface area contributed by atoms with Crippen LogP contribution in [0.2, 0.25) is 0 Å². The zero-order valence-corrected chi connectivity index (χ0v) is 10.1. The minimum atomic E-state index is -0.0640. The third kappa shape index (κ3) is 1.91. The van der Waals surface area contributed by atoms with Gasteiger partial charge in [0.15, 0.2) is 0 Å². The number of anilines is 1. The number of phenols is 1. The molecule has 4 heteroatoms. The second-order valence-corrected chi connectivity index (χ2v) is 4.62. The van der Waals surface area contributed by atoms with E-state index in [-0.39, 0.29) is 17.6 Å². The van der Waals surface area contributed by atoms with Crippen LogP contribution < -0.4 is 4.90 Å². The van der Waals surface area contributed by atoms with E-state index in [1.54, 1.807) is 18.2 Å². The summed E-state index contributed by atoms with van der Waals surface area (Å²) in [5.41, 5.74) is 0.511. The number of phenolic OH excluding ortho intramolecular Hbond substituents is 1. The van der Waals surface area contributed by atoms with Crippen molar-refractivity contribution < 1.29 is 9.90 Å². The van der Waals surface area contributed by atoms with Gasteiger partial charge in [-0.25, -0.2) is 0 Å². The van der Waals surface area contributed by atoms with E-state index in [9.17, 15) is 9.90 Å². The summed E-state index contributed by atoms with van der Waals surface area (Å²) in [6, 6.07) is 4.99. The van der Waals surface area contributed by atoms with E-state index in [0.717, 1.165) is 4.47 Å². The summed E-state index contributed by atoms with van der Waals surface area (Å²) in [5.74, 6) is 2.56. The molecule has 1 N–H and O–H groups in total. The zero-order chi connectivity index (χ0) is 11.7. The van der Waals surface area contributed by atoms with Crippen molar-refractivity contribution in [2.45, 2.75) is 6.42 Å². The fourth-order valence-corrected chi connectivity index (χ4v) is 2.11. The number of hydrogen-bond acceptors (Lipinski definition) is 2. The number of rotatable bonds is 1. The SMILES string of the molecule is C#CC1CC(=O)N(c2cc(Br)ccc2O)C1. The van der Waals surface area contributed by atoms with E-state index in [4.69, 9.17) is 6.42 Å². The van der Waals surface area contributed by atoms with Crippen LogP contribution in [-0.2, 0) is 4.79 Å². The van der Waals surface area contributed by atoms with Gasteiger partial charge >= 0.3 is 0 Å². The van der Waals surface area contributed by atoms with Gasteiger partial charge in [0.2, 0.25) is 5.91 Å². The molecular formula is C12H10BrNO2. The van der Waals surface area contributed by atoms with E-state index < -0.39 is 0 Å². The van der Waals surface area contributed by atoms with Crippen molar-refractivity contribution in [3.8, 4) is 18.1 Å². The number of amides is 1. The van der Waals surface area contributed by atoms with Gasteiger partial charge in [0, 0.05) is 23.4 Å². The molecule has 3 nitrogen and oxygen atoms in total. The number of carbonyl (C=O) groups excluding carboxylic acids is 1. The highest BCUT2D eigenvalue weighted by Gasteiger charge is 2.30. The van der Waals surface area contributed by atoms with Crippen molar-refractivity contribution >= 4 is 27.5 Å². The van der Waals surface area contributed by atoms with E-state index >= 15 is 0 Å². The van der Waals surface area contributed by atoms with Gasteiger partial charge in [-0.1, -0.05) is 15.9 Å². The van der Waals surface area contributed by atoms with E-state index in [1.165, 1.54) is 4.90 Å². The van der Waals surface area contributed by atoms with E-state index in [2.05, 4.69) is 21.9 Å². The summed E-state index contributed by atoms with van der Waals surface area (Å²) in [6.07, 6.45) is 5.65. The third-order valence-electron chi connectivity index (χ3n) is 2.59. The molecule has 82 valence electrons. The molecule has 1 unspecified atom stereocenters. The molecule has 0 radical (unpaired) electrons. The Balaban J connectivity index is 2.35. The maximum Gasteiger partial charge on any atom is 0.228 e. The Bertz CT molecular complexity index is 478. The Labute approximate surface area is 102 Å². The van der Waals surface area contributed by atoms with Crippen LogP contribution in [0.5, 0.6) is 5.75 Å². The molecule has 1 saturated heterocycles. The van der Waals surface area contributed by atoms with Gasteiger partial charge in [0.05, 0.1) is 5.69 Å². The molecule has 1 atom stereocenters. The van der Waals surface area contributed by atoms with Gasteiger partial charge in [-0.2, -0.15) is 0 Å². The predicted molar refractivity (Wildman–Crippen MR) is 65.1 cm³/mol. The maximum absolute atomic E-state index is 11.7. The number of hydrogen-bond donors (Lipinski definition) is 1. The highest BCUT2D eigenvalue weighted by Crippen LogP contribution is 2.34. The average Bonchev–Trinajstić information content (AvgIpc) is 2.63. The molecule has 1 heterocycles. The van der Waals surface area contributed by atoms with Crippen molar-refractivity contribution in [3.63, 3.8) is 0 Å². The molecule has 0 bridgehead atoms. The second-order valence-electron chi connectivity index (χ2n) is 3.71.